The Balaban J connectivity index is 2.62. The summed E-state index contributed by atoms with van der Waals surface area (Å²) in [5, 5.41) is 31.9. The van der Waals surface area contributed by atoms with E-state index in [-0.39, 0.29) is 5.56 Å². The van der Waals surface area contributed by atoms with Gasteiger partial charge in [-0.2, -0.15) is 0 Å². The average molecular weight is 288 g/mol. The Hall–Kier alpha value is -2.96. The molecule has 0 fully saturated rings. The van der Waals surface area contributed by atoms with Crippen molar-refractivity contribution >= 4 is 11.4 Å². The van der Waals surface area contributed by atoms with Crippen molar-refractivity contribution < 1.29 is 15.0 Å². The van der Waals surface area contributed by atoms with Gasteiger partial charge in [-0.1, -0.05) is 37.3 Å². The fraction of sp³-hybridized carbons (Fsp3) is 0.143. The summed E-state index contributed by atoms with van der Waals surface area (Å²) < 4.78 is 0. The first-order chi connectivity index (χ1) is 9.91. The molecule has 2 aromatic carbocycles. The summed E-state index contributed by atoms with van der Waals surface area (Å²) in [5.41, 5.74) is -0.135. The van der Waals surface area contributed by atoms with Crippen molar-refractivity contribution in [2.24, 2.45) is 0 Å². The fourth-order valence-electron chi connectivity index (χ4n) is 2.12. The third-order valence-corrected chi connectivity index (χ3v) is 3.28. The van der Waals surface area contributed by atoms with E-state index in [1.54, 1.807) is 31.2 Å². The van der Waals surface area contributed by atoms with Gasteiger partial charge in [0.05, 0.1) is 15.9 Å². The molecule has 1 atom stereocenters. The Morgan fingerprint density at radius 2 is 1.67 bits per heavy atom. The van der Waals surface area contributed by atoms with Crippen molar-refractivity contribution in [2.75, 3.05) is 0 Å². The van der Waals surface area contributed by atoms with E-state index in [1.165, 1.54) is 6.07 Å². The first kappa shape index (κ1) is 14.4. The second kappa shape index (κ2) is 5.58. The molecule has 0 amide bonds. The Morgan fingerprint density at radius 3 is 2.19 bits per heavy atom. The number of nitro groups is 2. The summed E-state index contributed by atoms with van der Waals surface area (Å²) in [6.07, 6.45) is 0. The topological polar surface area (TPSA) is 107 Å². The van der Waals surface area contributed by atoms with E-state index in [2.05, 4.69) is 0 Å². The molecule has 1 unspecified atom stereocenters. The molecule has 7 heteroatoms. The Morgan fingerprint density at radius 1 is 1.05 bits per heavy atom. The van der Waals surface area contributed by atoms with Gasteiger partial charge in [-0.25, -0.2) is 0 Å². The number of aromatic hydroxyl groups is 1. The minimum Gasteiger partial charge on any atom is -0.502 e. The highest BCUT2D eigenvalue weighted by Crippen LogP contribution is 2.40. The maximum Gasteiger partial charge on any atom is 0.317 e. The summed E-state index contributed by atoms with van der Waals surface area (Å²) in [6.45, 7) is 1.72. The lowest BCUT2D eigenvalue weighted by Gasteiger charge is -2.13. The summed E-state index contributed by atoms with van der Waals surface area (Å²) in [7, 11) is 0. The van der Waals surface area contributed by atoms with E-state index < -0.39 is 32.9 Å². The van der Waals surface area contributed by atoms with Crippen LogP contribution in [0.3, 0.4) is 0 Å². The van der Waals surface area contributed by atoms with Gasteiger partial charge in [-0.3, -0.25) is 20.2 Å². The number of hydrogen-bond acceptors (Lipinski definition) is 5. The van der Waals surface area contributed by atoms with Crippen LogP contribution < -0.4 is 0 Å². The normalized spacial score (nSPS) is 11.9. The van der Waals surface area contributed by atoms with Crippen molar-refractivity contribution in [3.8, 4) is 5.75 Å². The lowest BCUT2D eigenvalue weighted by molar-refractivity contribution is -0.394. The standard InChI is InChI=1S/C14H12N2O5/c1-9(10-5-3-2-4-6-10)12-7-11(15(18)19)8-13(14(12)17)16(20)21/h2-9,17H,1H3. The predicted octanol–water partition coefficient (Wildman–Crippen LogP) is 3.36. The zero-order valence-electron chi connectivity index (χ0n) is 11.1. The Kier molecular flexibility index (Phi) is 3.84. The monoisotopic (exact) mass is 288 g/mol. The van der Waals surface area contributed by atoms with Crippen LogP contribution in [0.2, 0.25) is 0 Å². The molecule has 0 aromatic heterocycles. The first-order valence-corrected chi connectivity index (χ1v) is 6.12. The number of benzene rings is 2. The van der Waals surface area contributed by atoms with Crippen LogP contribution in [0.5, 0.6) is 5.75 Å². The van der Waals surface area contributed by atoms with Crippen molar-refractivity contribution in [3.05, 3.63) is 73.8 Å². The molecule has 0 radical (unpaired) electrons. The van der Waals surface area contributed by atoms with Crippen LogP contribution in [0.4, 0.5) is 11.4 Å². The second-order valence-corrected chi connectivity index (χ2v) is 4.55. The van der Waals surface area contributed by atoms with Gasteiger partial charge in [-0.15, -0.1) is 0 Å². The molecule has 0 saturated heterocycles. The molecule has 0 aliphatic carbocycles. The smallest absolute Gasteiger partial charge is 0.317 e. The third kappa shape index (κ3) is 2.81. The molecule has 2 aromatic rings. The molecule has 21 heavy (non-hydrogen) atoms. The summed E-state index contributed by atoms with van der Waals surface area (Å²) in [5.74, 6) is -0.952. The van der Waals surface area contributed by atoms with Crippen LogP contribution in [0.1, 0.15) is 24.0 Å². The van der Waals surface area contributed by atoms with Crippen LogP contribution >= 0.6 is 0 Å². The maximum atomic E-state index is 10.9. The zero-order chi connectivity index (χ0) is 15.6. The highest BCUT2D eigenvalue weighted by atomic mass is 16.6. The molecule has 0 aliphatic heterocycles. The van der Waals surface area contributed by atoms with Gasteiger partial charge >= 0.3 is 5.69 Å². The molecular formula is C14H12N2O5. The van der Waals surface area contributed by atoms with Crippen LogP contribution in [0.15, 0.2) is 42.5 Å². The number of hydrogen-bond donors (Lipinski definition) is 1. The highest BCUT2D eigenvalue weighted by molar-refractivity contribution is 5.60. The van der Waals surface area contributed by atoms with Crippen molar-refractivity contribution in [3.63, 3.8) is 0 Å². The van der Waals surface area contributed by atoms with Gasteiger partial charge < -0.3 is 5.11 Å². The molecule has 0 bridgehead atoms. The molecule has 108 valence electrons. The molecule has 0 spiro atoms. The van der Waals surface area contributed by atoms with E-state index >= 15 is 0 Å². The molecule has 7 nitrogen and oxygen atoms in total. The van der Waals surface area contributed by atoms with Gasteiger partial charge in [0, 0.05) is 17.5 Å². The SMILES string of the molecule is CC(c1ccccc1)c1cc([N+](=O)[O-])cc([N+](=O)[O-])c1O. The number of nitro benzene ring substituents is 2. The maximum absolute atomic E-state index is 10.9. The number of phenolic OH excluding ortho intramolecular Hbond substituents is 1. The number of nitrogens with zero attached hydrogens (tertiary/aromatic N) is 2. The summed E-state index contributed by atoms with van der Waals surface area (Å²) >= 11 is 0. The van der Waals surface area contributed by atoms with Crippen molar-refractivity contribution in [1.29, 1.82) is 0 Å². The summed E-state index contributed by atoms with van der Waals surface area (Å²) in [4.78, 5) is 20.3. The average Bonchev–Trinajstić information content (AvgIpc) is 2.47. The molecule has 0 heterocycles. The molecule has 2 rings (SSSR count). The van der Waals surface area contributed by atoms with Crippen molar-refractivity contribution in [1.82, 2.24) is 0 Å². The Bertz CT molecular complexity index is 700. The molecule has 1 N–H and O–H groups in total. The lowest BCUT2D eigenvalue weighted by atomic mass is 9.91. The van der Waals surface area contributed by atoms with E-state index in [0.29, 0.717) is 0 Å². The molecule has 0 aliphatic rings. The lowest BCUT2D eigenvalue weighted by Crippen LogP contribution is -2.01. The predicted molar refractivity (Wildman–Crippen MR) is 75.4 cm³/mol. The van der Waals surface area contributed by atoms with Gasteiger partial charge in [0.15, 0.2) is 5.75 Å². The van der Waals surface area contributed by atoms with Gasteiger partial charge in [-0.05, 0) is 5.56 Å². The quantitative estimate of drug-likeness (QED) is 0.685. The summed E-state index contributed by atoms with van der Waals surface area (Å²) in [6, 6.07) is 10.9. The largest absolute Gasteiger partial charge is 0.502 e. The number of phenols is 1. The van der Waals surface area contributed by atoms with Gasteiger partial charge in [0.1, 0.15) is 0 Å². The van der Waals surface area contributed by atoms with Gasteiger partial charge in [0.2, 0.25) is 0 Å². The molecular weight excluding hydrogens is 276 g/mol. The number of non-ortho nitro benzene ring substituents is 1. The van der Waals surface area contributed by atoms with Crippen LogP contribution in [0, 0.1) is 20.2 Å². The van der Waals surface area contributed by atoms with Crippen molar-refractivity contribution in [2.45, 2.75) is 12.8 Å². The van der Waals surface area contributed by atoms with Gasteiger partial charge in [0.25, 0.3) is 5.69 Å². The van der Waals surface area contributed by atoms with Crippen LogP contribution in [-0.4, -0.2) is 15.0 Å². The Labute approximate surface area is 119 Å². The minimum absolute atomic E-state index is 0.155. The first-order valence-electron chi connectivity index (χ1n) is 6.12. The highest BCUT2D eigenvalue weighted by Gasteiger charge is 2.26. The molecule has 0 saturated carbocycles. The van der Waals surface area contributed by atoms with E-state index in [9.17, 15) is 25.3 Å². The van der Waals surface area contributed by atoms with Crippen LogP contribution in [-0.2, 0) is 0 Å². The second-order valence-electron chi connectivity index (χ2n) is 4.55. The number of rotatable bonds is 4. The van der Waals surface area contributed by atoms with Crippen LogP contribution in [0.25, 0.3) is 0 Å². The van der Waals surface area contributed by atoms with E-state index in [4.69, 9.17) is 0 Å². The zero-order valence-corrected chi connectivity index (χ0v) is 11.1. The van der Waals surface area contributed by atoms with E-state index in [1.807, 2.05) is 6.07 Å². The third-order valence-electron chi connectivity index (χ3n) is 3.28. The minimum atomic E-state index is -0.830. The van der Waals surface area contributed by atoms with E-state index in [0.717, 1.165) is 11.6 Å². The fourth-order valence-corrected chi connectivity index (χ4v) is 2.12.